The molecule has 0 saturated heterocycles. The summed E-state index contributed by atoms with van der Waals surface area (Å²) in [5, 5.41) is 0. The largest absolute Gasteiger partial charge is 1.00 e. The molecule has 7 heteroatoms. The van der Waals surface area contributed by atoms with Crippen molar-refractivity contribution in [2.75, 3.05) is 19.0 Å². The van der Waals surface area contributed by atoms with Gasteiger partial charge in [0.2, 0.25) is 0 Å². The number of anilines is 1. The molecule has 14 heavy (non-hydrogen) atoms. The van der Waals surface area contributed by atoms with Gasteiger partial charge in [0.15, 0.2) is 0 Å². The van der Waals surface area contributed by atoms with Gasteiger partial charge in [0.1, 0.15) is 5.82 Å². The fourth-order valence-electron chi connectivity index (χ4n) is 0.856. The molecule has 0 aliphatic rings. The Morgan fingerprint density at radius 1 is 1.21 bits per heavy atom. The molecule has 0 amide bonds. The van der Waals surface area contributed by atoms with E-state index in [1.807, 2.05) is 0 Å². The van der Waals surface area contributed by atoms with Crippen LogP contribution in [0.5, 0.6) is 0 Å². The number of rotatable bonds is 2. The molecule has 0 saturated carbocycles. The van der Waals surface area contributed by atoms with Gasteiger partial charge in [-0.1, -0.05) is 11.5 Å². The number of hydrogen-bond acceptors (Lipinski definition) is 2. The summed E-state index contributed by atoms with van der Waals surface area (Å²) >= 11 is 0. The van der Waals surface area contributed by atoms with E-state index in [1.54, 1.807) is 19.0 Å². The van der Waals surface area contributed by atoms with Gasteiger partial charge in [0.25, 0.3) is 0 Å². The molecule has 1 rings (SSSR count). The Labute approximate surface area is 123 Å². The first-order chi connectivity index (χ1) is 5.91. The van der Waals surface area contributed by atoms with Gasteiger partial charge in [-0.25, -0.2) is 4.98 Å². The minimum atomic E-state index is -4.92. The van der Waals surface area contributed by atoms with Crippen molar-refractivity contribution >= 4 is 18.3 Å². The molecule has 2 nitrogen and oxygen atoms in total. The predicted molar refractivity (Wildman–Crippen MR) is 47.3 cm³/mol. The maximum absolute atomic E-state index is 12.1. The average molecular weight is 228 g/mol. The molecule has 1 heterocycles. The zero-order valence-electron chi connectivity index (χ0n) is 8.34. The number of nitrogens with zero attached hydrogens (tertiary/aromatic N) is 2. The summed E-state index contributed by atoms with van der Waals surface area (Å²) in [4.78, 5) is 5.31. The second kappa shape index (κ2) is 5.50. The Bertz CT molecular complexity index is 286. The fraction of sp³-hybridized carbons (Fsp3) is 0.286. The van der Waals surface area contributed by atoms with E-state index < -0.39 is 12.4 Å². The maximum Gasteiger partial charge on any atom is 1.00 e. The van der Waals surface area contributed by atoms with Crippen molar-refractivity contribution in [2.45, 2.75) is 0 Å². The monoisotopic (exact) mass is 228 g/mol. The normalized spacial score (nSPS) is 10.6. The Hall–Kier alpha value is 0.441. The van der Waals surface area contributed by atoms with Crippen LogP contribution >= 0.6 is 0 Å². The third kappa shape index (κ3) is 3.90. The molecule has 0 spiro atoms. The van der Waals surface area contributed by atoms with Crippen LogP contribution < -0.4 is 61.7 Å². The van der Waals surface area contributed by atoms with Gasteiger partial charge in [-0.05, 0) is 6.07 Å². The number of halogens is 3. The summed E-state index contributed by atoms with van der Waals surface area (Å²) < 4.78 is 36.4. The smallest absolute Gasteiger partial charge is 0.445 e. The molecule has 0 bridgehead atoms. The van der Waals surface area contributed by atoms with Gasteiger partial charge in [0, 0.05) is 20.3 Å². The van der Waals surface area contributed by atoms with Crippen molar-refractivity contribution in [1.82, 2.24) is 4.98 Å². The van der Waals surface area contributed by atoms with Gasteiger partial charge in [-0.3, -0.25) is 0 Å². The zero-order valence-corrected chi connectivity index (χ0v) is 11.5. The molecular weight excluding hydrogens is 219 g/mol. The quantitative estimate of drug-likeness (QED) is 0.555. The molecule has 0 radical (unpaired) electrons. The van der Waals surface area contributed by atoms with E-state index in [2.05, 4.69) is 4.98 Å². The van der Waals surface area contributed by atoms with E-state index in [4.69, 9.17) is 0 Å². The predicted octanol–water partition coefficient (Wildman–Crippen LogP) is -1.79. The van der Waals surface area contributed by atoms with Crippen molar-refractivity contribution in [2.24, 2.45) is 0 Å². The van der Waals surface area contributed by atoms with E-state index in [1.165, 1.54) is 6.07 Å². The second-order valence-electron chi connectivity index (χ2n) is 2.92. The summed E-state index contributed by atoms with van der Waals surface area (Å²) in [5.74, 6) is 0.517. The van der Waals surface area contributed by atoms with Crippen LogP contribution in [0.3, 0.4) is 0 Å². The molecule has 0 aromatic carbocycles. The first kappa shape index (κ1) is 14.4. The van der Waals surface area contributed by atoms with Gasteiger partial charge in [-0.2, -0.15) is 0 Å². The Morgan fingerprint density at radius 2 is 1.79 bits per heavy atom. The van der Waals surface area contributed by atoms with E-state index in [-0.39, 0.29) is 51.4 Å². The first-order valence-corrected chi connectivity index (χ1v) is 3.74. The van der Waals surface area contributed by atoms with Crippen LogP contribution in [0.2, 0.25) is 0 Å². The van der Waals surface area contributed by atoms with Crippen molar-refractivity contribution in [1.29, 1.82) is 0 Å². The van der Waals surface area contributed by atoms with Gasteiger partial charge in [-0.15, -0.1) is 0 Å². The molecule has 0 atom stereocenters. The minimum Gasteiger partial charge on any atom is -0.445 e. The van der Waals surface area contributed by atoms with Crippen molar-refractivity contribution in [3.05, 3.63) is 18.3 Å². The van der Waals surface area contributed by atoms with Crippen LogP contribution in [0.25, 0.3) is 0 Å². The summed E-state index contributed by atoms with van der Waals surface area (Å²) in [6, 6.07) is 2.40. The molecule has 1 aromatic rings. The van der Waals surface area contributed by atoms with E-state index in [0.29, 0.717) is 5.82 Å². The van der Waals surface area contributed by atoms with Crippen molar-refractivity contribution in [3.63, 3.8) is 0 Å². The second-order valence-corrected chi connectivity index (χ2v) is 2.92. The van der Waals surface area contributed by atoms with Crippen LogP contribution in [-0.4, -0.2) is 26.1 Å². The summed E-state index contributed by atoms with van der Waals surface area (Å²) in [6.45, 7) is -4.92. The minimum absolute atomic E-state index is 0. The average Bonchev–Trinajstić information content (AvgIpc) is 2.03. The molecule has 0 N–H and O–H groups in total. The summed E-state index contributed by atoms with van der Waals surface area (Å²) in [7, 11) is 3.45. The van der Waals surface area contributed by atoms with E-state index >= 15 is 0 Å². The van der Waals surface area contributed by atoms with Crippen LogP contribution in [0, 0.1) is 0 Å². The summed E-state index contributed by atoms with van der Waals surface area (Å²) in [5.41, 5.74) is -0.661. The Balaban J connectivity index is 0.00000169. The fourth-order valence-corrected chi connectivity index (χ4v) is 0.856. The first-order valence-electron chi connectivity index (χ1n) is 3.74. The Kier molecular flexibility index (Phi) is 5.68. The van der Waals surface area contributed by atoms with Gasteiger partial charge in [0.05, 0.1) is 0 Å². The third-order valence-electron chi connectivity index (χ3n) is 1.61. The van der Waals surface area contributed by atoms with Crippen molar-refractivity contribution in [3.8, 4) is 0 Å². The maximum atomic E-state index is 12.1. The Morgan fingerprint density at radius 3 is 2.07 bits per heavy atom. The molecular formula is C7H9BF3KN2. The molecule has 0 fully saturated rings. The van der Waals surface area contributed by atoms with E-state index in [0.717, 1.165) is 12.3 Å². The number of pyridine rings is 1. The molecule has 0 unspecified atom stereocenters. The van der Waals surface area contributed by atoms with Crippen LogP contribution in [-0.2, 0) is 0 Å². The molecule has 0 aliphatic carbocycles. The van der Waals surface area contributed by atoms with Crippen molar-refractivity contribution < 1.29 is 64.3 Å². The topological polar surface area (TPSA) is 16.1 Å². The number of hydrogen-bond donors (Lipinski definition) is 0. The van der Waals surface area contributed by atoms with Crippen LogP contribution in [0.4, 0.5) is 18.8 Å². The summed E-state index contributed by atoms with van der Waals surface area (Å²) in [6.07, 6.45) is 0.856. The SMILES string of the molecule is CN(C)c1ccc([B-](F)(F)F)cn1.[K+]. The zero-order chi connectivity index (χ0) is 10.1. The standard InChI is InChI=1S/C7H9BF3N2.K/c1-13(2)7-4-3-6(5-12-7)8(9,10)11;/h3-5H,1-2H3;/q-1;+1. The van der Waals surface area contributed by atoms with Gasteiger partial charge >= 0.3 is 58.4 Å². The third-order valence-corrected chi connectivity index (χ3v) is 1.61. The number of aromatic nitrogens is 1. The van der Waals surface area contributed by atoms with Crippen LogP contribution in [0.15, 0.2) is 18.3 Å². The molecule has 0 aliphatic heterocycles. The molecule has 72 valence electrons. The molecule has 1 aromatic heterocycles. The van der Waals surface area contributed by atoms with E-state index in [9.17, 15) is 12.9 Å². The van der Waals surface area contributed by atoms with Gasteiger partial charge < -0.3 is 17.8 Å². The van der Waals surface area contributed by atoms with Crippen LogP contribution in [0.1, 0.15) is 0 Å².